The third-order valence-electron chi connectivity index (χ3n) is 3.75. The van der Waals surface area contributed by atoms with Crippen molar-refractivity contribution in [2.75, 3.05) is 0 Å². The number of fused-ring (bicyclic) bond motifs is 1. The Labute approximate surface area is 127 Å². The van der Waals surface area contributed by atoms with Gasteiger partial charge in [-0.25, -0.2) is 4.39 Å². The molecule has 0 saturated carbocycles. The molecular formula is C18H14ClFO. The molecule has 0 radical (unpaired) electrons. The Balaban J connectivity index is 2.21. The number of aryl methyl sites for hydroxylation is 1. The first-order valence-electron chi connectivity index (χ1n) is 6.70. The fourth-order valence-electron chi connectivity index (χ4n) is 2.61. The fourth-order valence-corrected chi connectivity index (χ4v) is 2.79. The second-order valence-electron chi connectivity index (χ2n) is 5.06. The number of hydrogen-bond donors (Lipinski definition) is 1. The summed E-state index contributed by atoms with van der Waals surface area (Å²) in [4.78, 5) is 0. The zero-order chi connectivity index (χ0) is 15.0. The van der Waals surface area contributed by atoms with E-state index in [-0.39, 0.29) is 10.6 Å². The largest absolute Gasteiger partial charge is 0.384 e. The molecule has 3 rings (SSSR count). The quantitative estimate of drug-likeness (QED) is 0.704. The van der Waals surface area contributed by atoms with E-state index in [9.17, 15) is 9.50 Å². The van der Waals surface area contributed by atoms with Gasteiger partial charge in [-0.2, -0.15) is 0 Å². The van der Waals surface area contributed by atoms with Crippen LogP contribution in [0, 0.1) is 12.7 Å². The maximum Gasteiger partial charge on any atom is 0.147 e. The Bertz CT molecular complexity index is 813. The van der Waals surface area contributed by atoms with Crippen molar-refractivity contribution in [1.82, 2.24) is 0 Å². The minimum Gasteiger partial charge on any atom is -0.384 e. The third-order valence-corrected chi connectivity index (χ3v) is 4.04. The average molecular weight is 301 g/mol. The van der Waals surface area contributed by atoms with Gasteiger partial charge in [-0.3, -0.25) is 0 Å². The number of benzene rings is 3. The van der Waals surface area contributed by atoms with Gasteiger partial charge < -0.3 is 5.11 Å². The van der Waals surface area contributed by atoms with Gasteiger partial charge in [0.25, 0.3) is 0 Å². The van der Waals surface area contributed by atoms with Crippen molar-refractivity contribution < 1.29 is 9.50 Å². The van der Waals surface area contributed by atoms with Crippen LogP contribution in [-0.4, -0.2) is 5.11 Å². The van der Waals surface area contributed by atoms with Crippen LogP contribution in [0.4, 0.5) is 4.39 Å². The zero-order valence-corrected chi connectivity index (χ0v) is 12.2. The average Bonchev–Trinajstić information content (AvgIpc) is 2.50. The number of hydrogen-bond acceptors (Lipinski definition) is 1. The van der Waals surface area contributed by atoms with Crippen LogP contribution in [-0.2, 0) is 0 Å². The van der Waals surface area contributed by atoms with Crippen molar-refractivity contribution in [3.05, 3.63) is 82.1 Å². The summed E-state index contributed by atoms with van der Waals surface area (Å²) in [7, 11) is 0. The SMILES string of the molecule is Cc1ccc(C(O)c2cccc(Cl)c2F)c2ccccc12. The van der Waals surface area contributed by atoms with Gasteiger partial charge in [0.1, 0.15) is 11.9 Å². The minimum atomic E-state index is -1.05. The summed E-state index contributed by atoms with van der Waals surface area (Å²) in [6, 6.07) is 16.2. The summed E-state index contributed by atoms with van der Waals surface area (Å²) in [6.45, 7) is 2.01. The highest BCUT2D eigenvalue weighted by Gasteiger charge is 2.19. The van der Waals surface area contributed by atoms with E-state index in [0.29, 0.717) is 5.56 Å². The molecule has 0 heterocycles. The van der Waals surface area contributed by atoms with Gasteiger partial charge in [-0.15, -0.1) is 0 Å². The molecule has 1 N–H and O–H groups in total. The summed E-state index contributed by atoms with van der Waals surface area (Å²) < 4.78 is 14.1. The van der Waals surface area contributed by atoms with Crippen LogP contribution in [0.5, 0.6) is 0 Å². The molecule has 0 aliphatic heterocycles. The summed E-state index contributed by atoms with van der Waals surface area (Å²) in [5, 5.41) is 12.6. The Hall–Kier alpha value is -1.90. The predicted octanol–water partition coefficient (Wildman–Crippen LogP) is 5.02. The molecular weight excluding hydrogens is 287 g/mol. The second kappa shape index (κ2) is 5.47. The second-order valence-corrected chi connectivity index (χ2v) is 5.47. The van der Waals surface area contributed by atoms with Crippen LogP contribution in [0.1, 0.15) is 22.8 Å². The topological polar surface area (TPSA) is 20.2 Å². The van der Waals surface area contributed by atoms with Crippen LogP contribution in [0.2, 0.25) is 5.02 Å². The molecule has 0 aliphatic carbocycles. The number of aliphatic hydroxyl groups is 1. The Kier molecular flexibility index (Phi) is 3.66. The van der Waals surface area contributed by atoms with Gasteiger partial charge in [-0.05, 0) is 34.9 Å². The fraction of sp³-hybridized carbons (Fsp3) is 0.111. The molecule has 1 nitrogen and oxygen atoms in total. The van der Waals surface area contributed by atoms with Crippen molar-refractivity contribution in [3.63, 3.8) is 0 Å². The Morgan fingerprint density at radius 1 is 0.905 bits per heavy atom. The van der Waals surface area contributed by atoms with E-state index in [0.717, 1.165) is 16.3 Å². The number of rotatable bonds is 2. The normalized spacial score (nSPS) is 12.6. The lowest BCUT2D eigenvalue weighted by Gasteiger charge is -2.16. The van der Waals surface area contributed by atoms with Crippen molar-refractivity contribution >= 4 is 22.4 Å². The highest BCUT2D eigenvalue weighted by atomic mass is 35.5. The van der Waals surface area contributed by atoms with Crippen molar-refractivity contribution in [3.8, 4) is 0 Å². The van der Waals surface area contributed by atoms with E-state index < -0.39 is 11.9 Å². The molecule has 0 aliphatic rings. The smallest absolute Gasteiger partial charge is 0.147 e. The molecule has 0 saturated heterocycles. The first-order chi connectivity index (χ1) is 10.1. The lowest BCUT2D eigenvalue weighted by Crippen LogP contribution is -2.04. The first-order valence-corrected chi connectivity index (χ1v) is 7.07. The third kappa shape index (κ3) is 2.41. The van der Waals surface area contributed by atoms with E-state index in [4.69, 9.17) is 11.6 Å². The Morgan fingerprint density at radius 3 is 2.38 bits per heavy atom. The molecule has 3 aromatic rings. The van der Waals surface area contributed by atoms with Crippen molar-refractivity contribution in [2.45, 2.75) is 13.0 Å². The van der Waals surface area contributed by atoms with E-state index in [1.54, 1.807) is 12.1 Å². The highest BCUT2D eigenvalue weighted by Crippen LogP contribution is 2.33. The maximum atomic E-state index is 14.1. The molecule has 0 aromatic heterocycles. The first kappa shape index (κ1) is 14.1. The van der Waals surface area contributed by atoms with Crippen molar-refractivity contribution in [2.24, 2.45) is 0 Å². The summed E-state index contributed by atoms with van der Waals surface area (Å²) in [6.07, 6.45) is -1.05. The zero-order valence-electron chi connectivity index (χ0n) is 11.5. The molecule has 0 bridgehead atoms. The van der Waals surface area contributed by atoms with Gasteiger partial charge in [0.05, 0.1) is 5.02 Å². The van der Waals surface area contributed by atoms with Gasteiger partial charge >= 0.3 is 0 Å². The Morgan fingerprint density at radius 2 is 1.62 bits per heavy atom. The molecule has 0 fully saturated rings. The van der Waals surface area contributed by atoms with E-state index in [1.807, 2.05) is 43.3 Å². The maximum absolute atomic E-state index is 14.1. The van der Waals surface area contributed by atoms with Crippen LogP contribution >= 0.6 is 11.6 Å². The molecule has 3 aromatic carbocycles. The van der Waals surface area contributed by atoms with Crippen LogP contribution in [0.3, 0.4) is 0 Å². The van der Waals surface area contributed by atoms with Crippen molar-refractivity contribution in [1.29, 1.82) is 0 Å². The van der Waals surface area contributed by atoms with E-state index in [1.165, 1.54) is 6.07 Å². The molecule has 106 valence electrons. The van der Waals surface area contributed by atoms with Gasteiger partial charge in [-0.1, -0.05) is 60.1 Å². The standard InChI is InChI=1S/C18H14ClFO/c1-11-9-10-14(13-6-3-2-5-12(11)13)18(21)15-7-4-8-16(19)17(15)20/h2-10,18,21H,1H3. The summed E-state index contributed by atoms with van der Waals surface area (Å²) in [5.41, 5.74) is 1.99. The van der Waals surface area contributed by atoms with Gasteiger partial charge in [0.15, 0.2) is 0 Å². The molecule has 3 heteroatoms. The molecule has 1 atom stereocenters. The lowest BCUT2D eigenvalue weighted by molar-refractivity contribution is 0.216. The number of aliphatic hydroxyl groups excluding tert-OH is 1. The van der Waals surface area contributed by atoms with Crippen LogP contribution in [0.15, 0.2) is 54.6 Å². The molecule has 0 amide bonds. The number of halogens is 2. The molecule has 1 unspecified atom stereocenters. The highest BCUT2D eigenvalue weighted by molar-refractivity contribution is 6.30. The van der Waals surface area contributed by atoms with Crippen LogP contribution < -0.4 is 0 Å². The van der Waals surface area contributed by atoms with E-state index >= 15 is 0 Å². The monoisotopic (exact) mass is 300 g/mol. The summed E-state index contributed by atoms with van der Waals surface area (Å²) in [5.74, 6) is -0.573. The van der Waals surface area contributed by atoms with E-state index in [2.05, 4.69) is 0 Å². The lowest BCUT2D eigenvalue weighted by atomic mass is 9.93. The van der Waals surface area contributed by atoms with Gasteiger partial charge in [0, 0.05) is 5.56 Å². The van der Waals surface area contributed by atoms with Gasteiger partial charge in [0.2, 0.25) is 0 Å². The van der Waals surface area contributed by atoms with Crippen LogP contribution in [0.25, 0.3) is 10.8 Å². The molecule has 21 heavy (non-hydrogen) atoms. The predicted molar refractivity (Wildman–Crippen MR) is 84.2 cm³/mol. The summed E-state index contributed by atoms with van der Waals surface area (Å²) >= 11 is 5.80. The molecule has 0 spiro atoms. The minimum absolute atomic E-state index is 0.0166.